The van der Waals surface area contributed by atoms with Gasteiger partial charge in [0.05, 0.1) is 0 Å². The van der Waals surface area contributed by atoms with Gasteiger partial charge in [-0.1, -0.05) is 6.92 Å². The molecule has 1 saturated heterocycles. The number of nitrogens with zero attached hydrogens (tertiary/aromatic N) is 1. The average molecular weight is 214 g/mol. The minimum absolute atomic E-state index is 0.208. The lowest BCUT2D eigenvalue weighted by Gasteiger charge is -2.28. The van der Waals surface area contributed by atoms with E-state index in [4.69, 9.17) is 10.5 Å². The van der Waals surface area contributed by atoms with Crippen LogP contribution in [-0.4, -0.2) is 36.2 Å². The van der Waals surface area contributed by atoms with Crippen molar-refractivity contribution in [2.24, 2.45) is 5.73 Å². The fourth-order valence-corrected chi connectivity index (χ4v) is 1.50. The molecule has 1 heterocycles. The highest BCUT2D eigenvalue weighted by atomic mass is 16.6. The van der Waals surface area contributed by atoms with Crippen LogP contribution in [0.3, 0.4) is 0 Å². The van der Waals surface area contributed by atoms with Gasteiger partial charge in [0, 0.05) is 18.6 Å². The lowest BCUT2D eigenvalue weighted by molar-refractivity contribution is 0.0767. The van der Waals surface area contributed by atoms with Gasteiger partial charge in [0.15, 0.2) is 0 Å². The van der Waals surface area contributed by atoms with E-state index in [1.165, 1.54) is 6.42 Å². The van der Waals surface area contributed by atoms with E-state index in [0.29, 0.717) is 6.61 Å². The van der Waals surface area contributed by atoms with E-state index in [0.717, 1.165) is 32.4 Å². The number of likely N-dealkylation sites (tertiary alicyclic amines) is 1. The Bertz CT molecular complexity index is 211. The van der Waals surface area contributed by atoms with Crippen LogP contribution >= 0.6 is 0 Å². The highest BCUT2D eigenvalue weighted by molar-refractivity contribution is 5.67. The number of rotatable bonds is 3. The van der Waals surface area contributed by atoms with E-state index in [1.54, 1.807) is 4.90 Å². The first kappa shape index (κ1) is 12.3. The second-order valence-corrected chi connectivity index (χ2v) is 4.61. The number of hydrogen-bond acceptors (Lipinski definition) is 3. The molecule has 0 aliphatic carbocycles. The van der Waals surface area contributed by atoms with Crippen molar-refractivity contribution >= 4 is 6.09 Å². The van der Waals surface area contributed by atoms with E-state index in [1.807, 2.05) is 13.8 Å². The Kier molecular flexibility index (Phi) is 4.39. The van der Waals surface area contributed by atoms with Crippen LogP contribution in [0.1, 0.15) is 39.5 Å². The summed E-state index contributed by atoms with van der Waals surface area (Å²) >= 11 is 0. The Hall–Kier alpha value is -0.770. The molecule has 1 rings (SSSR count). The van der Waals surface area contributed by atoms with Crippen molar-refractivity contribution in [2.45, 2.75) is 45.1 Å². The lowest BCUT2D eigenvalue weighted by Crippen LogP contribution is -2.44. The van der Waals surface area contributed by atoms with Gasteiger partial charge in [0.25, 0.3) is 0 Å². The van der Waals surface area contributed by atoms with Gasteiger partial charge in [-0.3, -0.25) is 0 Å². The van der Waals surface area contributed by atoms with Crippen molar-refractivity contribution in [3.8, 4) is 0 Å². The van der Waals surface area contributed by atoms with Gasteiger partial charge in [0.2, 0.25) is 0 Å². The predicted octanol–water partition coefficient (Wildman–Crippen LogP) is 1.74. The maximum Gasteiger partial charge on any atom is 0.409 e. The zero-order valence-corrected chi connectivity index (χ0v) is 9.79. The zero-order valence-electron chi connectivity index (χ0n) is 9.79. The first-order chi connectivity index (χ1) is 7.05. The normalized spacial score (nSPS) is 20.9. The number of piperidine rings is 1. The van der Waals surface area contributed by atoms with Gasteiger partial charge < -0.3 is 15.4 Å². The first-order valence-corrected chi connectivity index (χ1v) is 5.76. The smallest absolute Gasteiger partial charge is 0.409 e. The van der Waals surface area contributed by atoms with E-state index in [2.05, 4.69) is 0 Å². The summed E-state index contributed by atoms with van der Waals surface area (Å²) in [5.41, 5.74) is 5.50. The van der Waals surface area contributed by atoms with Crippen LogP contribution in [0.5, 0.6) is 0 Å². The van der Waals surface area contributed by atoms with Crippen LogP contribution in [0, 0.1) is 0 Å². The van der Waals surface area contributed by atoms with E-state index >= 15 is 0 Å². The molecule has 0 bridgehead atoms. The van der Waals surface area contributed by atoms with Crippen molar-refractivity contribution in [1.29, 1.82) is 0 Å². The Balaban J connectivity index is 2.28. The van der Waals surface area contributed by atoms with Crippen molar-refractivity contribution < 1.29 is 9.53 Å². The average Bonchev–Trinajstić information content (AvgIpc) is 2.27. The van der Waals surface area contributed by atoms with Crippen molar-refractivity contribution in [1.82, 2.24) is 4.90 Å². The molecule has 0 aromatic rings. The third kappa shape index (κ3) is 4.08. The van der Waals surface area contributed by atoms with E-state index in [9.17, 15) is 4.79 Å². The third-order valence-electron chi connectivity index (χ3n) is 2.95. The molecule has 0 aromatic carbocycles. The number of amides is 1. The number of carbonyl (C=O) groups is 1. The Morgan fingerprint density at radius 3 is 2.53 bits per heavy atom. The summed E-state index contributed by atoms with van der Waals surface area (Å²) in [5.74, 6) is 0. The monoisotopic (exact) mass is 214 g/mol. The molecule has 15 heavy (non-hydrogen) atoms. The maximum atomic E-state index is 11.6. The number of nitrogens with two attached hydrogens (primary N) is 1. The second kappa shape index (κ2) is 5.35. The van der Waals surface area contributed by atoms with E-state index in [-0.39, 0.29) is 6.09 Å². The Morgan fingerprint density at radius 1 is 1.40 bits per heavy atom. The van der Waals surface area contributed by atoms with Gasteiger partial charge in [-0.15, -0.1) is 0 Å². The summed E-state index contributed by atoms with van der Waals surface area (Å²) in [6.45, 7) is 5.85. The molecular formula is C11H22N2O2. The summed E-state index contributed by atoms with van der Waals surface area (Å²) in [6, 6.07) is 0. The number of hydrogen-bond donors (Lipinski definition) is 1. The quantitative estimate of drug-likeness (QED) is 0.778. The molecular weight excluding hydrogens is 192 g/mol. The fourth-order valence-electron chi connectivity index (χ4n) is 1.50. The minimum Gasteiger partial charge on any atom is -0.447 e. The van der Waals surface area contributed by atoms with Gasteiger partial charge >= 0.3 is 6.09 Å². The summed E-state index contributed by atoms with van der Waals surface area (Å²) < 4.78 is 5.20. The van der Waals surface area contributed by atoms with Gasteiger partial charge in [-0.05, 0) is 32.6 Å². The van der Waals surface area contributed by atoms with Crippen LogP contribution in [0.4, 0.5) is 4.79 Å². The number of carbonyl (C=O) groups excluding carboxylic acids is 1. The van der Waals surface area contributed by atoms with E-state index < -0.39 is 5.54 Å². The Labute approximate surface area is 91.8 Å². The molecule has 2 N–H and O–H groups in total. The molecule has 1 aliphatic rings. The molecule has 0 spiro atoms. The van der Waals surface area contributed by atoms with Crippen LogP contribution in [0.15, 0.2) is 0 Å². The molecule has 0 saturated carbocycles. The minimum atomic E-state index is -0.397. The lowest BCUT2D eigenvalue weighted by atomic mass is 10.0. The fraction of sp³-hybridized carbons (Fsp3) is 0.909. The second-order valence-electron chi connectivity index (χ2n) is 4.61. The largest absolute Gasteiger partial charge is 0.447 e. The molecule has 4 heteroatoms. The molecule has 1 amide bonds. The first-order valence-electron chi connectivity index (χ1n) is 5.76. The summed E-state index contributed by atoms with van der Waals surface area (Å²) in [4.78, 5) is 13.4. The van der Waals surface area contributed by atoms with Gasteiger partial charge in [-0.2, -0.15) is 0 Å². The molecule has 1 atom stereocenters. The van der Waals surface area contributed by atoms with Crippen LogP contribution < -0.4 is 5.73 Å². The predicted molar refractivity (Wildman–Crippen MR) is 59.7 cm³/mol. The zero-order chi connectivity index (χ0) is 11.3. The molecule has 0 aromatic heterocycles. The summed E-state index contributed by atoms with van der Waals surface area (Å²) in [5, 5.41) is 0. The molecule has 1 unspecified atom stereocenters. The molecule has 88 valence electrons. The highest BCUT2D eigenvalue weighted by Gasteiger charge is 2.22. The van der Waals surface area contributed by atoms with Crippen molar-refractivity contribution in [3.05, 3.63) is 0 Å². The summed E-state index contributed by atoms with van der Waals surface area (Å²) in [6.07, 6.45) is 3.99. The standard InChI is InChI=1S/C11H22N2O2/c1-3-11(2,12)9-15-10(14)13-7-5-4-6-8-13/h3-9,12H2,1-2H3. The SMILES string of the molecule is CCC(C)(N)COC(=O)N1CCCCC1. The van der Waals surface area contributed by atoms with Crippen LogP contribution in [0.2, 0.25) is 0 Å². The molecule has 0 radical (unpaired) electrons. The third-order valence-corrected chi connectivity index (χ3v) is 2.95. The van der Waals surface area contributed by atoms with Gasteiger partial charge in [-0.25, -0.2) is 4.79 Å². The highest BCUT2D eigenvalue weighted by Crippen LogP contribution is 2.11. The maximum absolute atomic E-state index is 11.6. The van der Waals surface area contributed by atoms with Crippen molar-refractivity contribution in [3.63, 3.8) is 0 Å². The Morgan fingerprint density at radius 2 is 2.00 bits per heavy atom. The molecule has 4 nitrogen and oxygen atoms in total. The summed E-state index contributed by atoms with van der Waals surface area (Å²) in [7, 11) is 0. The van der Waals surface area contributed by atoms with Gasteiger partial charge in [0.1, 0.15) is 6.61 Å². The van der Waals surface area contributed by atoms with Crippen molar-refractivity contribution in [2.75, 3.05) is 19.7 Å². The topological polar surface area (TPSA) is 55.6 Å². The number of ether oxygens (including phenoxy) is 1. The molecule has 1 fully saturated rings. The van der Waals surface area contributed by atoms with Crippen LogP contribution in [0.25, 0.3) is 0 Å². The molecule has 1 aliphatic heterocycles. The van der Waals surface area contributed by atoms with Crippen LogP contribution in [-0.2, 0) is 4.74 Å².